The van der Waals surface area contributed by atoms with Crippen LogP contribution in [0, 0.1) is 6.92 Å². The fraction of sp³-hybridized carbons (Fsp3) is 0.636. The van der Waals surface area contributed by atoms with Gasteiger partial charge in [0, 0.05) is 13.6 Å². The molecule has 0 aliphatic carbocycles. The Kier molecular flexibility index (Phi) is 4.06. The predicted molar refractivity (Wildman–Crippen MR) is 59.3 cm³/mol. The van der Waals surface area contributed by atoms with Crippen molar-refractivity contribution < 1.29 is 14.4 Å². The second-order valence-corrected chi connectivity index (χ2v) is 3.95. The molecule has 0 aromatic carbocycles. The quantitative estimate of drug-likeness (QED) is 0.831. The molecule has 1 rings (SSSR count). The zero-order valence-corrected chi connectivity index (χ0v) is 10.1. The number of amides is 1. The molecule has 0 aliphatic rings. The lowest BCUT2D eigenvalue weighted by atomic mass is 10.1. The maximum atomic E-state index is 12.1. The summed E-state index contributed by atoms with van der Waals surface area (Å²) in [5.74, 6) is 0.371. The van der Waals surface area contributed by atoms with Crippen LogP contribution in [0.15, 0.2) is 4.52 Å². The maximum Gasteiger partial charge on any atom is 0.259 e. The van der Waals surface area contributed by atoms with E-state index in [9.17, 15) is 9.90 Å². The molecule has 1 aromatic rings. The number of rotatable bonds is 4. The van der Waals surface area contributed by atoms with Crippen LogP contribution in [0.1, 0.15) is 35.7 Å². The molecular weight excluding hydrogens is 208 g/mol. The molecule has 0 aliphatic heterocycles. The Morgan fingerprint density at radius 2 is 2.25 bits per heavy atom. The van der Waals surface area contributed by atoms with Crippen LogP contribution in [0.2, 0.25) is 0 Å². The third-order valence-electron chi connectivity index (χ3n) is 2.37. The summed E-state index contributed by atoms with van der Waals surface area (Å²) in [4.78, 5) is 13.5. The number of carbonyl (C=O) groups excluding carboxylic acids is 1. The van der Waals surface area contributed by atoms with Crippen LogP contribution in [-0.2, 0) is 6.42 Å². The van der Waals surface area contributed by atoms with Gasteiger partial charge in [-0.1, -0.05) is 12.1 Å². The molecule has 5 heteroatoms. The second kappa shape index (κ2) is 5.12. The fourth-order valence-electron chi connectivity index (χ4n) is 1.60. The number of aliphatic hydroxyl groups is 1. The van der Waals surface area contributed by atoms with Gasteiger partial charge in [0.15, 0.2) is 0 Å². The van der Waals surface area contributed by atoms with E-state index < -0.39 is 6.10 Å². The molecule has 0 saturated heterocycles. The summed E-state index contributed by atoms with van der Waals surface area (Å²) in [6.07, 6.45) is 0.111. The highest BCUT2D eigenvalue weighted by molar-refractivity contribution is 5.96. The Balaban J connectivity index is 2.91. The van der Waals surface area contributed by atoms with E-state index in [2.05, 4.69) is 5.16 Å². The van der Waals surface area contributed by atoms with Gasteiger partial charge in [0.05, 0.1) is 11.8 Å². The predicted octanol–water partition coefficient (Wildman–Crippen LogP) is 0.998. The highest BCUT2D eigenvalue weighted by Gasteiger charge is 2.22. The Morgan fingerprint density at radius 3 is 2.75 bits per heavy atom. The topological polar surface area (TPSA) is 66.6 Å². The number of nitrogens with zero attached hydrogens (tertiary/aromatic N) is 2. The molecule has 1 heterocycles. The highest BCUT2D eigenvalue weighted by Crippen LogP contribution is 2.16. The summed E-state index contributed by atoms with van der Waals surface area (Å²) >= 11 is 0. The molecule has 0 radical (unpaired) electrons. The van der Waals surface area contributed by atoms with Crippen molar-refractivity contribution in [3.8, 4) is 0 Å². The van der Waals surface area contributed by atoms with Gasteiger partial charge in [-0.15, -0.1) is 0 Å². The van der Waals surface area contributed by atoms with E-state index in [1.807, 2.05) is 6.92 Å². The molecule has 0 bridgehead atoms. The molecule has 1 aromatic heterocycles. The third-order valence-corrected chi connectivity index (χ3v) is 2.37. The first kappa shape index (κ1) is 12.7. The Labute approximate surface area is 95.0 Å². The van der Waals surface area contributed by atoms with Crippen LogP contribution in [-0.4, -0.2) is 40.8 Å². The summed E-state index contributed by atoms with van der Waals surface area (Å²) in [7, 11) is 1.65. The number of aliphatic hydroxyl groups excluding tert-OH is 1. The van der Waals surface area contributed by atoms with Crippen molar-refractivity contribution in [1.82, 2.24) is 10.1 Å². The first-order valence-electron chi connectivity index (χ1n) is 5.36. The zero-order valence-electron chi connectivity index (χ0n) is 10.1. The van der Waals surface area contributed by atoms with Gasteiger partial charge in [0.25, 0.3) is 5.91 Å². The summed E-state index contributed by atoms with van der Waals surface area (Å²) in [6.45, 7) is 5.58. The molecule has 1 N–H and O–H groups in total. The minimum atomic E-state index is -0.542. The number of hydrogen-bond donors (Lipinski definition) is 1. The van der Waals surface area contributed by atoms with Gasteiger partial charge in [0.2, 0.25) is 0 Å². The van der Waals surface area contributed by atoms with Crippen LogP contribution in [0.4, 0.5) is 0 Å². The molecule has 1 atom stereocenters. The van der Waals surface area contributed by atoms with Gasteiger partial charge in [-0.05, 0) is 20.3 Å². The molecule has 5 nitrogen and oxygen atoms in total. The van der Waals surface area contributed by atoms with E-state index in [1.165, 1.54) is 4.90 Å². The zero-order chi connectivity index (χ0) is 12.3. The minimum Gasteiger partial charge on any atom is -0.392 e. The number of likely N-dealkylation sites (N-methyl/N-ethyl adjacent to an activating group) is 1. The molecule has 1 amide bonds. The minimum absolute atomic E-state index is 0.156. The maximum absolute atomic E-state index is 12.1. The van der Waals surface area contributed by atoms with Crippen LogP contribution in [0.5, 0.6) is 0 Å². The van der Waals surface area contributed by atoms with Crippen LogP contribution >= 0.6 is 0 Å². The SMILES string of the molecule is CCc1noc(C)c1C(=O)N(C)CC(C)O. The normalized spacial score (nSPS) is 12.6. The number of aromatic nitrogens is 1. The monoisotopic (exact) mass is 226 g/mol. The summed E-state index contributed by atoms with van der Waals surface area (Å²) in [6, 6.07) is 0. The number of hydrogen-bond acceptors (Lipinski definition) is 4. The molecule has 90 valence electrons. The van der Waals surface area contributed by atoms with Crippen LogP contribution < -0.4 is 0 Å². The standard InChI is InChI=1S/C11H18N2O3/c1-5-9-10(8(3)16-12-9)11(15)13(4)6-7(2)14/h7,14H,5-6H2,1-4H3. The first-order valence-corrected chi connectivity index (χ1v) is 5.36. The Bertz CT molecular complexity index is 371. The van der Waals surface area contributed by atoms with Gasteiger partial charge < -0.3 is 14.5 Å². The van der Waals surface area contributed by atoms with Crippen LogP contribution in [0.25, 0.3) is 0 Å². The smallest absolute Gasteiger partial charge is 0.259 e. The van der Waals surface area contributed by atoms with Gasteiger partial charge >= 0.3 is 0 Å². The molecule has 16 heavy (non-hydrogen) atoms. The van der Waals surface area contributed by atoms with Gasteiger partial charge in [-0.3, -0.25) is 4.79 Å². The number of carbonyl (C=O) groups is 1. The summed E-state index contributed by atoms with van der Waals surface area (Å²) in [5, 5.41) is 13.1. The van der Waals surface area contributed by atoms with E-state index in [4.69, 9.17) is 4.52 Å². The Hall–Kier alpha value is -1.36. The third kappa shape index (κ3) is 2.61. The summed E-state index contributed by atoms with van der Waals surface area (Å²) < 4.78 is 5.00. The lowest BCUT2D eigenvalue weighted by Crippen LogP contribution is -2.33. The molecule has 0 fully saturated rings. The lowest BCUT2D eigenvalue weighted by Gasteiger charge is -2.18. The molecule has 0 saturated carbocycles. The van der Waals surface area contributed by atoms with E-state index in [-0.39, 0.29) is 5.91 Å². The van der Waals surface area contributed by atoms with E-state index in [0.29, 0.717) is 30.0 Å². The molecule has 0 spiro atoms. The van der Waals surface area contributed by atoms with Crippen molar-refractivity contribution in [2.24, 2.45) is 0 Å². The summed E-state index contributed by atoms with van der Waals surface area (Å²) in [5.41, 5.74) is 1.19. The van der Waals surface area contributed by atoms with Gasteiger partial charge in [0.1, 0.15) is 11.3 Å². The van der Waals surface area contributed by atoms with E-state index in [0.717, 1.165) is 0 Å². The van der Waals surface area contributed by atoms with Crippen molar-refractivity contribution in [2.45, 2.75) is 33.3 Å². The molecule has 1 unspecified atom stereocenters. The van der Waals surface area contributed by atoms with E-state index in [1.54, 1.807) is 20.9 Å². The second-order valence-electron chi connectivity index (χ2n) is 3.95. The van der Waals surface area contributed by atoms with Crippen molar-refractivity contribution in [2.75, 3.05) is 13.6 Å². The average Bonchev–Trinajstić information content (AvgIpc) is 2.57. The van der Waals surface area contributed by atoms with Crippen LogP contribution in [0.3, 0.4) is 0 Å². The fourth-order valence-corrected chi connectivity index (χ4v) is 1.60. The first-order chi connectivity index (χ1) is 7.47. The largest absolute Gasteiger partial charge is 0.392 e. The van der Waals surface area contributed by atoms with Crippen molar-refractivity contribution >= 4 is 5.91 Å². The van der Waals surface area contributed by atoms with Gasteiger partial charge in [-0.25, -0.2) is 0 Å². The molecular formula is C11H18N2O3. The van der Waals surface area contributed by atoms with Gasteiger partial charge in [-0.2, -0.15) is 0 Å². The van der Waals surface area contributed by atoms with Crippen molar-refractivity contribution in [3.05, 3.63) is 17.0 Å². The van der Waals surface area contributed by atoms with E-state index >= 15 is 0 Å². The Morgan fingerprint density at radius 1 is 1.62 bits per heavy atom. The lowest BCUT2D eigenvalue weighted by molar-refractivity contribution is 0.0701. The van der Waals surface area contributed by atoms with Crippen molar-refractivity contribution in [3.63, 3.8) is 0 Å². The average molecular weight is 226 g/mol. The van der Waals surface area contributed by atoms with Crippen molar-refractivity contribution in [1.29, 1.82) is 0 Å². The highest BCUT2D eigenvalue weighted by atomic mass is 16.5. The number of aryl methyl sites for hydroxylation is 2.